The van der Waals surface area contributed by atoms with Crippen LogP contribution in [0, 0.1) is 17.8 Å². The lowest BCUT2D eigenvalue weighted by molar-refractivity contribution is 0.487. The van der Waals surface area contributed by atoms with Gasteiger partial charge in [0, 0.05) is 0 Å². The van der Waals surface area contributed by atoms with Crippen LogP contribution >= 0.6 is 0 Å². The molecule has 0 radical (unpaired) electrons. The molecule has 3 rings (SSSR count). The number of benzene rings is 1. The van der Waals surface area contributed by atoms with E-state index in [0.29, 0.717) is 0 Å². The minimum Gasteiger partial charge on any atom is -0.0837 e. The summed E-state index contributed by atoms with van der Waals surface area (Å²) >= 11 is 0. The molecule has 2 aliphatic carbocycles. The van der Waals surface area contributed by atoms with Crippen molar-refractivity contribution in [3.8, 4) is 0 Å². The SMILES string of the molecule is C(=C\c1ccccc1)/CC1CCC2CC12. The van der Waals surface area contributed by atoms with Gasteiger partial charge in [0.15, 0.2) is 0 Å². The van der Waals surface area contributed by atoms with Crippen LogP contribution < -0.4 is 0 Å². The highest BCUT2D eigenvalue weighted by Gasteiger charge is 2.46. The Morgan fingerprint density at radius 1 is 1.13 bits per heavy atom. The molecule has 15 heavy (non-hydrogen) atoms. The van der Waals surface area contributed by atoms with Gasteiger partial charge in [0.25, 0.3) is 0 Å². The molecule has 2 aliphatic rings. The second-order valence-corrected chi connectivity index (χ2v) is 5.05. The van der Waals surface area contributed by atoms with Crippen LogP contribution in [0.5, 0.6) is 0 Å². The van der Waals surface area contributed by atoms with E-state index in [0.717, 1.165) is 17.8 Å². The first-order valence-corrected chi connectivity index (χ1v) is 6.15. The third-order valence-electron chi connectivity index (χ3n) is 4.04. The molecule has 0 nitrogen and oxygen atoms in total. The van der Waals surface area contributed by atoms with Crippen molar-refractivity contribution in [2.45, 2.75) is 25.7 Å². The normalized spacial score (nSPS) is 33.2. The zero-order valence-corrected chi connectivity index (χ0v) is 9.10. The fourth-order valence-corrected chi connectivity index (χ4v) is 3.06. The van der Waals surface area contributed by atoms with Gasteiger partial charge in [0.05, 0.1) is 0 Å². The highest BCUT2D eigenvalue weighted by atomic mass is 14.5. The lowest BCUT2D eigenvalue weighted by atomic mass is 9.99. The van der Waals surface area contributed by atoms with E-state index in [4.69, 9.17) is 0 Å². The van der Waals surface area contributed by atoms with E-state index in [9.17, 15) is 0 Å². The Hall–Kier alpha value is -1.04. The van der Waals surface area contributed by atoms with Gasteiger partial charge in [0.1, 0.15) is 0 Å². The maximum atomic E-state index is 2.38. The molecule has 0 amide bonds. The summed E-state index contributed by atoms with van der Waals surface area (Å²) in [7, 11) is 0. The van der Waals surface area contributed by atoms with Gasteiger partial charge >= 0.3 is 0 Å². The molecular formula is C15H18. The van der Waals surface area contributed by atoms with Crippen LogP contribution in [0.2, 0.25) is 0 Å². The number of fused-ring (bicyclic) bond motifs is 1. The van der Waals surface area contributed by atoms with Crippen LogP contribution in [0.1, 0.15) is 31.2 Å². The molecule has 3 atom stereocenters. The van der Waals surface area contributed by atoms with E-state index in [-0.39, 0.29) is 0 Å². The van der Waals surface area contributed by atoms with E-state index in [2.05, 4.69) is 42.5 Å². The third-order valence-corrected chi connectivity index (χ3v) is 4.04. The van der Waals surface area contributed by atoms with Crippen molar-refractivity contribution in [1.29, 1.82) is 0 Å². The lowest BCUT2D eigenvalue weighted by Gasteiger charge is -2.06. The number of rotatable bonds is 3. The molecule has 0 N–H and O–H groups in total. The Labute approximate surface area is 92.0 Å². The summed E-state index contributed by atoms with van der Waals surface area (Å²) in [5.74, 6) is 3.24. The molecule has 78 valence electrons. The average Bonchev–Trinajstić information content (AvgIpc) is 2.96. The van der Waals surface area contributed by atoms with Crippen molar-refractivity contribution in [3.05, 3.63) is 42.0 Å². The molecule has 0 bridgehead atoms. The van der Waals surface area contributed by atoms with Crippen molar-refractivity contribution in [3.63, 3.8) is 0 Å². The van der Waals surface area contributed by atoms with Crippen molar-refractivity contribution < 1.29 is 0 Å². The Balaban J connectivity index is 1.55. The molecular weight excluding hydrogens is 180 g/mol. The van der Waals surface area contributed by atoms with Gasteiger partial charge in [-0.2, -0.15) is 0 Å². The third kappa shape index (κ3) is 1.99. The summed E-state index contributed by atoms with van der Waals surface area (Å²) in [5, 5.41) is 0. The quantitative estimate of drug-likeness (QED) is 0.685. The van der Waals surface area contributed by atoms with E-state index >= 15 is 0 Å². The summed E-state index contributed by atoms with van der Waals surface area (Å²) in [6.07, 6.45) is 10.5. The van der Waals surface area contributed by atoms with Gasteiger partial charge in [-0.1, -0.05) is 42.5 Å². The van der Waals surface area contributed by atoms with Gasteiger partial charge in [-0.05, 0) is 49.0 Å². The maximum absolute atomic E-state index is 2.38. The predicted octanol–water partition coefficient (Wildman–Crippen LogP) is 4.14. The summed E-state index contributed by atoms with van der Waals surface area (Å²) in [6.45, 7) is 0. The second-order valence-electron chi connectivity index (χ2n) is 5.05. The Kier molecular flexibility index (Phi) is 2.36. The first-order valence-electron chi connectivity index (χ1n) is 6.15. The van der Waals surface area contributed by atoms with Crippen LogP contribution in [0.15, 0.2) is 36.4 Å². The van der Waals surface area contributed by atoms with Crippen LogP contribution in [-0.2, 0) is 0 Å². The van der Waals surface area contributed by atoms with E-state index in [1.807, 2.05) is 0 Å². The zero-order valence-electron chi connectivity index (χ0n) is 9.10. The fraction of sp³-hybridized carbons (Fsp3) is 0.467. The summed E-state index contributed by atoms with van der Waals surface area (Å²) in [6, 6.07) is 10.6. The summed E-state index contributed by atoms with van der Waals surface area (Å²) in [5.41, 5.74) is 1.34. The van der Waals surface area contributed by atoms with E-state index in [1.165, 1.54) is 31.2 Å². The van der Waals surface area contributed by atoms with Gasteiger partial charge in [-0.25, -0.2) is 0 Å². The first-order chi connectivity index (χ1) is 7.43. The monoisotopic (exact) mass is 198 g/mol. The van der Waals surface area contributed by atoms with Crippen LogP contribution in [0.25, 0.3) is 6.08 Å². The summed E-state index contributed by atoms with van der Waals surface area (Å²) < 4.78 is 0. The molecule has 0 heterocycles. The highest BCUT2D eigenvalue weighted by molar-refractivity contribution is 5.48. The average molecular weight is 198 g/mol. The van der Waals surface area contributed by atoms with Crippen molar-refractivity contribution >= 4 is 6.08 Å². The van der Waals surface area contributed by atoms with E-state index < -0.39 is 0 Å². The van der Waals surface area contributed by atoms with Crippen LogP contribution in [0.3, 0.4) is 0 Å². The molecule has 0 saturated heterocycles. The highest BCUT2D eigenvalue weighted by Crippen LogP contribution is 2.56. The summed E-state index contributed by atoms with van der Waals surface area (Å²) in [4.78, 5) is 0. The van der Waals surface area contributed by atoms with Crippen LogP contribution in [0.4, 0.5) is 0 Å². The van der Waals surface area contributed by atoms with Gasteiger partial charge in [-0.15, -0.1) is 0 Å². The smallest absolute Gasteiger partial charge is 0.0260 e. The molecule has 1 aromatic rings. The second kappa shape index (κ2) is 3.84. The molecule has 0 aromatic heterocycles. The minimum absolute atomic E-state index is 1.01. The zero-order chi connectivity index (χ0) is 10.1. The van der Waals surface area contributed by atoms with Crippen molar-refractivity contribution in [2.24, 2.45) is 17.8 Å². The maximum Gasteiger partial charge on any atom is -0.0260 e. The lowest BCUT2D eigenvalue weighted by Crippen LogP contribution is -1.95. The number of allylic oxidation sites excluding steroid dienone is 1. The molecule has 1 aromatic carbocycles. The number of hydrogen-bond donors (Lipinski definition) is 0. The topological polar surface area (TPSA) is 0 Å². The van der Waals surface area contributed by atoms with Gasteiger partial charge in [-0.3, -0.25) is 0 Å². The predicted molar refractivity (Wildman–Crippen MR) is 64.4 cm³/mol. The van der Waals surface area contributed by atoms with Gasteiger partial charge < -0.3 is 0 Å². The molecule has 0 aliphatic heterocycles. The minimum atomic E-state index is 1.01. The Morgan fingerprint density at radius 2 is 2.00 bits per heavy atom. The first kappa shape index (κ1) is 9.21. The molecule has 3 unspecified atom stereocenters. The largest absolute Gasteiger partial charge is 0.0837 e. The molecule has 0 heteroatoms. The molecule has 2 saturated carbocycles. The number of hydrogen-bond acceptors (Lipinski definition) is 0. The van der Waals surface area contributed by atoms with Crippen LogP contribution in [-0.4, -0.2) is 0 Å². The molecule has 2 fully saturated rings. The standard InChI is InChI=1S/C15H18/c1-2-5-12(6-3-1)7-4-8-13-9-10-14-11-15(13)14/h1-7,13-15H,8-11H2/b7-4+. The molecule has 0 spiro atoms. The van der Waals surface area contributed by atoms with Crippen molar-refractivity contribution in [1.82, 2.24) is 0 Å². The van der Waals surface area contributed by atoms with Gasteiger partial charge in [0.2, 0.25) is 0 Å². The fourth-order valence-electron chi connectivity index (χ4n) is 3.06. The van der Waals surface area contributed by atoms with Crippen molar-refractivity contribution in [2.75, 3.05) is 0 Å². The Morgan fingerprint density at radius 3 is 2.67 bits per heavy atom. The Bertz CT molecular complexity index is 350. The van der Waals surface area contributed by atoms with E-state index in [1.54, 1.807) is 0 Å².